The van der Waals surface area contributed by atoms with Crippen LogP contribution in [0.5, 0.6) is 0 Å². The molecule has 176 valence electrons. The van der Waals surface area contributed by atoms with Crippen molar-refractivity contribution in [3.63, 3.8) is 0 Å². The van der Waals surface area contributed by atoms with E-state index in [-0.39, 0.29) is 5.56 Å². The summed E-state index contributed by atoms with van der Waals surface area (Å²) < 4.78 is 65.6. The van der Waals surface area contributed by atoms with Gasteiger partial charge in [0.15, 0.2) is 23.3 Å². The van der Waals surface area contributed by atoms with E-state index < -0.39 is 62.9 Å². The van der Waals surface area contributed by atoms with Gasteiger partial charge in [-0.2, -0.15) is 0 Å². The Morgan fingerprint density at radius 2 is 1.59 bits per heavy atom. The second-order valence-electron chi connectivity index (χ2n) is 7.85. The number of nitrogens with zero attached hydrogens (tertiary/aromatic N) is 1. The molecule has 2 aromatic carbocycles. The molecule has 0 spiro atoms. The van der Waals surface area contributed by atoms with E-state index in [0.717, 1.165) is 6.08 Å². The average Bonchev–Trinajstić information content (AvgIpc) is 2.81. The number of hydrogen-bond acceptors (Lipinski definition) is 5. The van der Waals surface area contributed by atoms with E-state index in [9.17, 15) is 9.90 Å². The van der Waals surface area contributed by atoms with Crippen molar-refractivity contribution in [2.45, 2.75) is 6.54 Å². The molecule has 1 saturated heterocycles. The molecule has 34 heavy (non-hydrogen) atoms. The largest absolute Gasteiger partial charge is 0.478 e. The Morgan fingerprint density at radius 3 is 2.21 bits per heavy atom. The van der Waals surface area contributed by atoms with Gasteiger partial charge >= 0.3 is 5.97 Å². The quantitative estimate of drug-likeness (QED) is 0.345. The van der Waals surface area contributed by atoms with Crippen LogP contribution in [0.2, 0.25) is 0 Å². The molecule has 4 rings (SSSR count). The average molecular weight is 473 g/mol. The fraction of sp³-hybridized carbons (Fsp3) is 0.208. The Balaban J connectivity index is 1.78. The Morgan fingerprint density at radius 1 is 0.971 bits per heavy atom. The van der Waals surface area contributed by atoms with E-state index >= 15 is 17.6 Å². The molecule has 3 N–H and O–H groups in total. The van der Waals surface area contributed by atoms with Crippen LogP contribution in [0.3, 0.4) is 0 Å². The third-order valence-corrected chi connectivity index (χ3v) is 5.65. The number of allylic oxidation sites excluding steroid dienone is 3. The Hall–Kier alpha value is -3.63. The van der Waals surface area contributed by atoms with Gasteiger partial charge in [0.2, 0.25) is 0 Å². The molecule has 0 amide bonds. The van der Waals surface area contributed by atoms with E-state index in [1.54, 1.807) is 6.07 Å². The fourth-order valence-corrected chi connectivity index (χ4v) is 3.94. The maximum absolute atomic E-state index is 15.1. The lowest BCUT2D eigenvalue weighted by Crippen LogP contribution is -2.35. The summed E-state index contributed by atoms with van der Waals surface area (Å²) in [6.07, 6.45) is 1.50. The molecule has 6 nitrogen and oxygen atoms in total. The first-order valence-electron chi connectivity index (χ1n) is 10.3. The molecule has 0 atom stereocenters. The van der Waals surface area contributed by atoms with E-state index in [1.165, 1.54) is 18.2 Å². The summed E-state index contributed by atoms with van der Waals surface area (Å²) in [7, 11) is 0. The summed E-state index contributed by atoms with van der Waals surface area (Å²) >= 11 is 0. The number of morpholine rings is 1. The van der Waals surface area contributed by atoms with Gasteiger partial charge < -0.3 is 9.84 Å². The first kappa shape index (κ1) is 23.5. The lowest BCUT2D eigenvalue weighted by Gasteiger charge is -2.26. The molecule has 0 bridgehead atoms. The highest BCUT2D eigenvalue weighted by atomic mass is 19.2. The normalized spacial score (nSPS) is 16.9. The first-order valence-corrected chi connectivity index (χ1v) is 10.3. The van der Waals surface area contributed by atoms with Crippen molar-refractivity contribution in [3.8, 4) is 11.1 Å². The summed E-state index contributed by atoms with van der Waals surface area (Å²) in [5.41, 5.74) is -4.01. The minimum atomic E-state index is -1.72. The number of benzene rings is 2. The van der Waals surface area contributed by atoms with Crippen molar-refractivity contribution in [3.05, 3.63) is 76.4 Å². The number of carboxylic acid groups (broad SMARTS) is 1. The van der Waals surface area contributed by atoms with Gasteiger partial charge in [-0.25, -0.2) is 22.4 Å². The van der Waals surface area contributed by atoms with E-state index in [0.29, 0.717) is 44.5 Å². The van der Waals surface area contributed by atoms with Crippen molar-refractivity contribution in [1.82, 2.24) is 4.90 Å². The number of nitrogens with one attached hydrogen (secondary N) is 2. The monoisotopic (exact) mass is 473 g/mol. The third kappa shape index (κ3) is 4.29. The highest BCUT2D eigenvalue weighted by Crippen LogP contribution is 2.37. The molecule has 0 saturated carbocycles. The molecule has 10 heteroatoms. The van der Waals surface area contributed by atoms with Crippen LogP contribution in [0.25, 0.3) is 16.7 Å². The number of hydrogen-bond donors (Lipinski definition) is 3. The number of carbonyl (C=O) groups is 1. The van der Waals surface area contributed by atoms with Gasteiger partial charge in [0, 0.05) is 19.6 Å². The fourth-order valence-electron chi connectivity index (χ4n) is 3.94. The van der Waals surface area contributed by atoms with Gasteiger partial charge in [0.05, 0.1) is 41.3 Å². The Labute approximate surface area is 191 Å². The molecular formula is C24H19F4N3O3. The number of aliphatic carboxylic acids is 1. The van der Waals surface area contributed by atoms with Crippen LogP contribution >= 0.6 is 0 Å². The highest BCUT2D eigenvalue weighted by molar-refractivity contribution is 6.56. The van der Waals surface area contributed by atoms with Gasteiger partial charge in [-0.05, 0) is 34.9 Å². The summed E-state index contributed by atoms with van der Waals surface area (Å²) in [5, 5.41) is 24.5. The zero-order valence-corrected chi connectivity index (χ0v) is 17.7. The first-order chi connectivity index (χ1) is 16.2. The minimum absolute atomic E-state index is 0.0565. The van der Waals surface area contributed by atoms with Crippen molar-refractivity contribution in [2.75, 3.05) is 26.3 Å². The molecule has 0 aromatic heterocycles. The van der Waals surface area contributed by atoms with Crippen molar-refractivity contribution < 1.29 is 32.2 Å². The van der Waals surface area contributed by atoms with Crippen LogP contribution in [0, 0.1) is 34.1 Å². The van der Waals surface area contributed by atoms with Gasteiger partial charge in [-0.1, -0.05) is 18.2 Å². The minimum Gasteiger partial charge on any atom is -0.478 e. The molecular weight excluding hydrogens is 454 g/mol. The molecule has 1 fully saturated rings. The van der Waals surface area contributed by atoms with Gasteiger partial charge in [-0.3, -0.25) is 15.7 Å². The summed E-state index contributed by atoms with van der Waals surface area (Å²) in [5.74, 6) is -8.34. The van der Waals surface area contributed by atoms with Gasteiger partial charge in [-0.15, -0.1) is 0 Å². The van der Waals surface area contributed by atoms with Crippen molar-refractivity contribution in [1.29, 1.82) is 10.8 Å². The van der Waals surface area contributed by atoms with Crippen LogP contribution in [-0.4, -0.2) is 53.7 Å². The molecule has 1 heterocycles. The molecule has 0 unspecified atom stereocenters. The Kier molecular flexibility index (Phi) is 6.45. The topological polar surface area (TPSA) is 97.5 Å². The van der Waals surface area contributed by atoms with E-state index in [4.69, 9.17) is 15.6 Å². The van der Waals surface area contributed by atoms with Gasteiger partial charge in [0.1, 0.15) is 0 Å². The van der Waals surface area contributed by atoms with Crippen LogP contribution < -0.4 is 0 Å². The molecule has 2 aromatic rings. The second-order valence-corrected chi connectivity index (χ2v) is 7.85. The van der Waals surface area contributed by atoms with E-state index in [1.807, 2.05) is 0 Å². The summed E-state index contributed by atoms with van der Waals surface area (Å²) in [6.45, 7) is 2.95. The second kappa shape index (κ2) is 9.32. The lowest BCUT2D eigenvalue weighted by molar-refractivity contribution is -0.132. The summed E-state index contributed by atoms with van der Waals surface area (Å²) in [4.78, 5) is 13.4. The summed E-state index contributed by atoms with van der Waals surface area (Å²) in [6, 6.07) is 6.06. The molecule has 0 radical (unpaired) electrons. The van der Waals surface area contributed by atoms with Crippen LogP contribution in [0.15, 0.2) is 42.0 Å². The third-order valence-electron chi connectivity index (χ3n) is 5.65. The predicted molar refractivity (Wildman–Crippen MR) is 117 cm³/mol. The zero-order chi connectivity index (χ0) is 24.6. The maximum Gasteiger partial charge on any atom is 0.337 e. The van der Waals surface area contributed by atoms with Gasteiger partial charge in [0.25, 0.3) is 0 Å². The maximum atomic E-state index is 15.1. The number of carboxylic acids is 1. The predicted octanol–water partition coefficient (Wildman–Crippen LogP) is 4.19. The van der Waals surface area contributed by atoms with Crippen LogP contribution in [0.4, 0.5) is 17.6 Å². The molecule has 2 aliphatic rings. The number of rotatable bonds is 5. The van der Waals surface area contributed by atoms with Crippen LogP contribution in [0.1, 0.15) is 11.1 Å². The highest BCUT2D eigenvalue weighted by Gasteiger charge is 2.31. The smallest absolute Gasteiger partial charge is 0.337 e. The van der Waals surface area contributed by atoms with E-state index in [2.05, 4.69) is 4.90 Å². The van der Waals surface area contributed by atoms with Crippen molar-refractivity contribution in [2.24, 2.45) is 0 Å². The molecule has 1 aliphatic carbocycles. The molecule has 1 aliphatic heterocycles. The lowest BCUT2D eigenvalue weighted by atomic mass is 9.89. The standard InChI is InChI=1S/C24H19F4N3O3/c25-19-17(13-3-1-2-12(8-13)11-31-4-6-34-7-5-31)20(26)22(28)18(21(19)27)14-9-15(24(32)33)23(30)16(29)10-14/h1-3,8-10,29-30H,4-7,11H2,(H,32,33). The number of ether oxygens (including phenoxy) is 1. The Bertz CT molecular complexity index is 1250. The van der Waals surface area contributed by atoms with Crippen LogP contribution in [-0.2, 0) is 16.1 Å². The zero-order valence-electron chi connectivity index (χ0n) is 17.7. The SMILES string of the molecule is N=C1C=C(c2c(F)c(F)c(-c3cccc(CN4CCOCC4)c3)c(F)c2F)C=C(C(=O)O)C1=N. The van der Waals surface area contributed by atoms with Crippen molar-refractivity contribution >= 4 is 23.0 Å². The number of halogens is 4.